The first kappa shape index (κ1) is 21.6. The molecule has 2 aromatic rings. The second kappa shape index (κ2) is 9.59. The number of carbonyl (C=O) groups excluding carboxylic acids is 1. The summed E-state index contributed by atoms with van der Waals surface area (Å²) in [6.45, 7) is 0.635. The van der Waals surface area contributed by atoms with E-state index >= 15 is 0 Å². The summed E-state index contributed by atoms with van der Waals surface area (Å²) < 4.78 is 32.0. The Morgan fingerprint density at radius 1 is 1.17 bits per heavy atom. The van der Waals surface area contributed by atoms with E-state index in [9.17, 15) is 13.2 Å². The first-order valence-corrected chi connectivity index (χ1v) is 10.8. The fraction of sp³-hybridized carbons (Fsp3) is 0.300. The summed E-state index contributed by atoms with van der Waals surface area (Å²) in [5.41, 5.74) is 6.77. The van der Waals surface area contributed by atoms with Gasteiger partial charge in [-0.25, -0.2) is 8.42 Å². The molecule has 0 unspecified atom stereocenters. The van der Waals surface area contributed by atoms with Crippen molar-refractivity contribution in [1.82, 2.24) is 4.31 Å². The van der Waals surface area contributed by atoms with E-state index in [2.05, 4.69) is 10.5 Å². The molecule has 0 radical (unpaired) electrons. The number of amides is 1. The number of hydrogen-bond acceptors (Lipinski definition) is 6. The summed E-state index contributed by atoms with van der Waals surface area (Å²) >= 11 is 0. The zero-order valence-corrected chi connectivity index (χ0v) is 17.4. The van der Waals surface area contributed by atoms with Crippen LogP contribution >= 0.6 is 0 Å². The molecule has 3 N–H and O–H groups in total. The molecule has 3 rings (SSSR count). The van der Waals surface area contributed by atoms with Gasteiger partial charge in [0.05, 0.1) is 17.6 Å². The van der Waals surface area contributed by atoms with Gasteiger partial charge < -0.3 is 20.6 Å². The Kier molecular flexibility index (Phi) is 6.91. The molecular formula is C20H24N4O5S. The zero-order valence-electron chi connectivity index (χ0n) is 16.6. The second-order valence-corrected chi connectivity index (χ2v) is 8.58. The highest BCUT2D eigenvalue weighted by Gasteiger charge is 2.27. The van der Waals surface area contributed by atoms with Crippen LogP contribution in [0.15, 0.2) is 58.6 Å². The molecule has 1 amide bonds. The summed E-state index contributed by atoms with van der Waals surface area (Å²) in [7, 11) is -2.05. The van der Waals surface area contributed by atoms with E-state index in [4.69, 9.17) is 15.3 Å². The van der Waals surface area contributed by atoms with E-state index in [1.165, 1.54) is 23.5 Å². The van der Waals surface area contributed by atoms with Crippen molar-refractivity contribution in [2.75, 3.05) is 32.1 Å². The lowest BCUT2D eigenvalue weighted by molar-refractivity contribution is -0.120. The number of nitrogens with two attached hydrogens (primary N) is 1. The fourth-order valence-corrected chi connectivity index (χ4v) is 4.64. The number of ether oxygens (including phenoxy) is 1. The van der Waals surface area contributed by atoms with Crippen LogP contribution in [-0.2, 0) is 19.7 Å². The minimum Gasteiger partial charge on any atom is -0.496 e. The third-order valence-electron chi connectivity index (χ3n) is 4.56. The number of methoxy groups -OCH3 is 1. The van der Waals surface area contributed by atoms with Crippen molar-refractivity contribution in [2.24, 2.45) is 10.9 Å². The Morgan fingerprint density at radius 3 is 2.63 bits per heavy atom. The summed E-state index contributed by atoms with van der Waals surface area (Å²) in [5, 5.41) is 6.34. The zero-order chi connectivity index (χ0) is 21.6. The van der Waals surface area contributed by atoms with Crippen molar-refractivity contribution in [1.29, 1.82) is 0 Å². The monoisotopic (exact) mass is 432 g/mol. The van der Waals surface area contributed by atoms with E-state index in [1.54, 1.807) is 36.4 Å². The SMILES string of the molecule is COc1ccccc1/C(N)=N\OCC(=O)Nc1cccc(S(=O)(=O)N2CCCC2)c1. The number of sulfonamides is 1. The lowest BCUT2D eigenvalue weighted by atomic mass is 10.2. The van der Waals surface area contributed by atoms with Gasteiger partial charge in [-0.1, -0.05) is 23.4 Å². The lowest BCUT2D eigenvalue weighted by Crippen LogP contribution is -2.28. The number of anilines is 1. The average Bonchev–Trinajstić information content (AvgIpc) is 3.29. The van der Waals surface area contributed by atoms with Gasteiger partial charge in [0.25, 0.3) is 5.91 Å². The molecular weight excluding hydrogens is 408 g/mol. The quantitative estimate of drug-likeness (QED) is 0.372. The first-order chi connectivity index (χ1) is 14.4. The van der Waals surface area contributed by atoms with Crippen molar-refractivity contribution in [3.8, 4) is 5.75 Å². The minimum absolute atomic E-state index is 0.0685. The predicted octanol–water partition coefficient (Wildman–Crippen LogP) is 1.76. The highest BCUT2D eigenvalue weighted by molar-refractivity contribution is 7.89. The van der Waals surface area contributed by atoms with Crippen molar-refractivity contribution in [2.45, 2.75) is 17.7 Å². The van der Waals surface area contributed by atoms with E-state index in [0.717, 1.165) is 12.8 Å². The van der Waals surface area contributed by atoms with E-state index in [1.807, 2.05) is 0 Å². The van der Waals surface area contributed by atoms with Crippen LogP contribution in [0.4, 0.5) is 5.69 Å². The molecule has 160 valence electrons. The number of carbonyl (C=O) groups is 1. The van der Waals surface area contributed by atoms with Gasteiger partial charge in [-0.15, -0.1) is 0 Å². The number of para-hydroxylation sites is 1. The number of nitrogens with zero attached hydrogens (tertiary/aromatic N) is 2. The van der Waals surface area contributed by atoms with Crippen LogP contribution in [0.2, 0.25) is 0 Å². The maximum atomic E-state index is 12.7. The number of benzene rings is 2. The Labute approximate surface area is 175 Å². The van der Waals surface area contributed by atoms with Crippen molar-refractivity contribution >= 4 is 27.5 Å². The van der Waals surface area contributed by atoms with Gasteiger partial charge in [0.1, 0.15) is 5.75 Å². The van der Waals surface area contributed by atoms with Crippen LogP contribution in [0, 0.1) is 0 Å². The molecule has 1 saturated heterocycles. The molecule has 0 aliphatic carbocycles. The highest BCUT2D eigenvalue weighted by Crippen LogP contribution is 2.23. The number of nitrogens with one attached hydrogen (secondary N) is 1. The van der Waals surface area contributed by atoms with Crippen LogP contribution in [0.25, 0.3) is 0 Å². The Morgan fingerprint density at radius 2 is 1.90 bits per heavy atom. The predicted molar refractivity (Wildman–Crippen MR) is 113 cm³/mol. The fourth-order valence-electron chi connectivity index (χ4n) is 3.07. The molecule has 0 aromatic heterocycles. The van der Waals surface area contributed by atoms with Crippen molar-refractivity contribution in [3.63, 3.8) is 0 Å². The third kappa shape index (κ3) is 5.08. The maximum absolute atomic E-state index is 12.7. The topological polar surface area (TPSA) is 123 Å². The number of hydrogen-bond donors (Lipinski definition) is 2. The summed E-state index contributed by atoms with van der Waals surface area (Å²) in [6, 6.07) is 13.1. The molecule has 9 nitrogen and oxygen atoms in total. The van der Waals surface area contributed by atoms with Gasteiger partial charge >= 0.3 is 0 Å². The standard InChI is InChI=1S/C20H24N4O5S/c1-28-18-10-3-2-9-17(18)20(21)23-29-14-19(25)22-15-7-6-8-16(13-15)30(26,27)24-11-4-5-12-24/h2-3,6-10,13H,4-5,11-12,14H2,1H3,(H2,21,23)(H,22,25). The first-order valence-electron chi connectivity index (χ1n) is 9.40. The Balaban J connectivity index is 1.60. The van der Waals surface area contributed by atoms with Gasteiger partial charge in [0, 0.05) is 18.8 Å². The van der Waals surface area contributed by atoms with Crippen LogP contribution < -0.4 is 15.8 Å². The van der Waals surface area contributed by atoms with Crippen LogP contribution in [0.5, 0.6) is 5.75 Å². The summed E-state index contributed by atoms with van der Waals surface area (Å²) in [6.07, 6.45) is 1.71. The molecule has 10 heteroatoms. The van der Waals surface area contributed by atoms with Gasteiger partial charge in [0.2, 0.25) is 10.0 Å². The van der Waals surface area contributed by atoms with Gasteiger partial charge in [0.15, 0.2) is 12.4 Å². The smallest absolute Gasteiger partial charge is 0.265 e. The summed E-state index contributed by atoms with van der Waals surface area (Å²) in [4.78, 5) is 17.3. The molecule has 1 aliphatic heterocycles. The van der Waals surface area contributed by atoms with Gasteiger partial charge in [-0.2, -0.15) is 4.31 Å². The van der Waals surface area contributed by atoms with Crippen molar-refractivity contribution < 1.29 is 22.8 Å². The normalized spacial score (nSPS) is 15.0. The van der Waals surface area contributed by atoms with E-state index < -0.39 is 15.9 Å². The molecule has 0 atom stereocenters. The van der Waals surface area contributed by atoms with Gasteiger partial charge in [-0.05, 0) is 43.2 Å². The van der Waals surface area contributed by atoms with Crippen LogP contribution in [-0.4, -0.2) is 51.3 Å². The number of oxime groups is 1. The number of rotatable bonds is 8. The Bertz CT molecular complexity index is 1030. The van der Waals surface area contributed by atoms with E-state index in [-0.39, 0.29) is 17.3 Å². The Hall–Kier alpha value is -3.11. The molecule has 30 heavy (non-hydrogen) atoms. The van der Waals surface area contributed by atoms with Gasteiger partial charge in [-0.3, -0.25) is 4.79 Å². The second-order valence-electron chi connectivity index (χ2n) is 6.64. The van der Waals surface area contributed by atoms with E-state index in [0.29, 0.717) is 30.1 Å². The number of amidine groups is 1. The molecule has 0 spiro atoms. The molecule has 0 saturated carbocycles. The largest absolute Gasteiger partial charge is 0.496 e. The molecule has 1 heterocycles. The van der Waals surface area contributed by atoms with Crippen molar-refractivity contribution in [3.05, 3.63) is 54.1 Å². The van der Waals surface area contributed by atoms with Crippen LogP contribution in [0.3, 0.4) is 0 Å². The maximum Gasteiger partial charge on any atom is 0.265 e. The third-order valence-corrected chi connectivity index (χ3v) is 6.46. The minimum atomic E-state index is -3.56. The molecule has 0 bridgehead atoms. The molecule has 2 aromatic carbocycles. The summed E-state index contributed by atoms with van der Waals surface area (Å²) in [5.74, 6) is 0.101. The molecule has 1 aliphatic rings. The average molecular weight is 433 g/mol. The van der Waals surface area contributed by atoms with Crippen LogP contribution in [0.1, 0.15) is 18.4 Å². The lowest BCUT2D eigenvalue weighted by Gasteiger charge is -2.16. The highest BCUT2D eigenvalue weighted by atomic mass is 32.2. The molecule has 1 fully saturated rings.